The smallest absolute Gasteiger partial charge is 0.254 e. The quantitative estimate of drug-likeness (QED) is 0.710. The molecule has 1 heterocycles. The van der Waals surface area contributed by atoms with Crippen LogP contribution in [0.5, 0.6) is 0 Å². The van der Waals surface area contributed by atoms with E-state index in [1.54, 1.807) is 30.6 Å². The maximum Gasteiger partial charge on any atom is 0.254 e. The molecule has 1 saturated carbocycles. The van der Waals surface area contributed by atoms with Gasteiger partial charge in [0.15, 0.2) is 0 Å². The highest BCUT2D eigenvalue weighted by molar-refractivity contribution is 6.34. The highest BCUT2D eigenvalue weighted by Gasteiger charge is 2.24. The second-order valence-electron chi connectivity index (χ2n) is 6.26. The number of aliphatic hydroxyl groups excluding tert-OH is 1. The van der Waals surface area contributed by atoms with E-state index in [0.717, 1.165) is 25.7 Å². The van der Waals surface area contributed by atoms with E-state index >= 15 is 0 Å². The van der Waals surface area contributed by atoms with Crippen molar-refractivity contribution in [1.82, 2.24) is 15.3 Å². The van der Waals surface area contributed by atoms with Crippen molar-refractivity contribution in [3.05, 3.63) is 47.5 Å². The van der Waals surface area contributed by atoms with E-state index in [1.807, 2.05) is 0 Å². The Morgan fingerprint density at radius 2 is 1.88 bits per heavy atom. The van der Waals surface area contributed by atoms with E-state index in [1.165, 1.54) is 12.7 Å². The number of hydrogen-bond acceptors (Lipinski definition) is 5. The molecular weight excluding hydrogens is 340 g/mol. The number of hydrogen-bond donors (Lipinski definition) is 3. The van der Waals surface area contributed by atoms with Crippen molar-refractivity contribution in [1.29, 1.82) is 0 Å². The molecule has 1 aromatic carbocycles. The third-order valence-electron chi connectivity index (χ3n) is 4.44. The highest BCUT2D eigenvalue weighted by Crippen LogP contribution is 2.27. The fourth-order valence-corrected chi connectivity index (χ4v) is 3.29. The Morgan fingerprint density at radius 1 is 1.16 bits per heavy atom. The summed E-state index contributed by atoms with van der Waals surface area (Å²) in [6, 6.07) is 5.07. The van der Waals surface area contributed by atoms with Crippen molar-refractivity contribution in [2.24, 2.45) is 5.92 Å². The monoisotopic (exact) mass is 360 g/mol. The van der Waals surface area contributed by atoms with Gasteiger partial charge in [-0.2, -0.15) is 0 Å². The molecule has 1 aliphatic carbocycles. The Hall–Kier alpha value is -2.18. The van der Waals surface area contributed by atoms with Crippen molar-refractivity contribution in [3.63, 3.8) is 0 Å². The van der Waals surface area contributed by atoms with E-state index in [4.69, 9.17) is 11.6 Å². The molecule has 0 radical (unpaired) electrons. The zero-order valence-electron chi connectivity index (χ0n) is 13.8. The van der Waals surface area contributed by atoms with Crippen LogP contribution in [-0.2, 0) is 0 Å². The number of nitrogens with zero attached hydrogens (tertiary/aromatic N) is 2. The standard InChI is InChI=1S/C18H21ClN4O2/c19-16-7-6-13(22-14-9-20-11-21-10-14)8-15(16)18(25)23-17(24)12-4-2-1-3-5-12/h6-12,17,22,24H,1-5H2,(H,23,25). The Balaban J connectivity index is 1.69. The largest absolute Gasteiger partial charge is 0.373 e. The van der Waals surface area contributed by atoms with Gasteiger partial charge in [0.25, 0.3) is 5.91 Å². The Labute approximate surface area is 151 Å². The van der Waals surface area contributed by atoms with Gasteiger partial charge in [-0.1, -0.05) is 30.9 Å². The fraction of sp³-hybridized carbons (Fsp3) is 0.389. The number of halogens is 1. The summed E-state index contributed by atoms with van der Waals surface area (Å²) in [6.45, 7) is 0. The van der Waals surface area contributed by atoms with Crippen LogP contribution in [0.2, 0.25) is 5.02 Å². The highest BCUT2D eigenvalue weighted by atomic mass is 35.5. The number of carbonyl (C=O) groups excluding carboxylic acids is 1. The molecule has 7 heteroatoms. The number of rotatable bonds is 5. The zero-order valence-corrected chi connectivity index (χ0v) is 14.5. The second-order valence-corrected chi connectivity index (χ2v) is 6.67. The lowest BCUT2D eigenvalue weighted by Crippen LogP contribution is -2.41. The maximum absolute atomic E-state index is 12.5. The molecular formula is C18H21ClN4O2. The molecule has 2 aromatic rings. The molecule has 1 fully saturated rings. The molecule has 1 unspecified atom stereocenters. The Kier molecular flexibility index (Phi) is 5.83. The van der Waals surface area contributed by atoms with Gasteiger partial charge in [-0.3, -0.25) is 4.79 Å². The van der Waals surface area contributed by atoms with E-state index in [2.05, 4.69) is 20.6 Å². The molecule has 0 saturated heterocycles. The summed E-state index contributed by atoms with van der Waals surface area (Å²) in [5, 5.41) is 16.4. The van der Waals surface area contributed by atoms with Crippen molar-refractivity contribution < 1.29 is 9.90 Å². The van der Waals surface area contributed by atoms with Crippen LogP contribution in [0.4, 0.5) is 11.4 Å². The molecule has 25 heavy (non-hydrogen) atoms. The van der Waals surface area contributed by atoms with E-state index < -0.39 is 6.23 Å². The predicted molar refractivity (Wildman–Crippen MR) is 96.8 cm³/mol. The van der Waals surface area contributed by atoms with Gasteiger partial charge in [0.2, 0.25) is 0 Å². The molecule has 1 atom stereocenters. The number of nitrogens with one attached hydrogen (secondary N) is 2. The Morgan fingerprint density at radius 3 is 2.60 bits per heavy atom. The number of benzene rings is 1. The number of aliphatic hydroxyl groups is 1. The molecule has 1 aromatic heterocycles. The molecule has 1 aliphatic rings. The van der Waals surface area contributed by atoms with E-state index in [0.29, 0.717) is 22.0 Å². The lowest BCUT2D eigenvalue weighted by atomic mass is 9.88. The summed E-state index contributed by atoms with van der Waals surface area (Å²) in [4.78, 5) is 20.4. The summed E-state index contributed by atoms with van der Waals surface area (Å²) < 4.78 is 0. The van der Waals surface area contributed by atoms with Crippen LogP contribution in [0.3, 0.4) is 0 Å². The molecule has 0 bridgehead atoms. The average molecular weight is 361 g/mol. The van der Waals surface area contributed by atoms with Crippen molar-refractivity contribution in [2.75, 3.05) is 5.32 Å². The van der Waals surface area contributed by atoms with Crippen LogP contribution in [-0.4, -0.2) is 27.2 Å². The third kappa shape index (κ3) is 4.67. The van der Waals surface area contributed by atoms with Gasteiger partial charge < -0.3 is 15.7 Å². The van der Waals surface area contributed by atoms with Gasteiger partial charge >= 0.3 is 0 Å². The van der Waals surface area contributed by atoms with Crippen molar-refractivity contribution >= 4 is 28.9 Å². The zero-order chi connectivity index (χ0) is 17.6. The number of aromatic nitrogens is 2. The molecule has 3 rings (SSSR count). The van der Waals surface area contributed by atoms with Gasteiger partial charge in [-0.25, -0.2) is 9.97 Å². The van der Waals surface area contributed by atoms with E-state index in [-0.39, 0.29) is 11.8 Å². The first-order chi connectivity index (χ1) is 12.1. The number of amides is 1. The molecule has 1 amide bonds. The average Bonchev–Trinajstić information content (AvgIpc) is 2.65. The molecule has 3 N–H and O–H groups in total. The number of carbonyl (C=O) groups is 1. The van der Waals surface area contributed by atoms with Crippen LogP contribution in [0, 0.1) is 5.92 Å². The summed E-state index contributed by atoms with van der Waals surface area (Å²) in [5.74, 6) is -0.268. The van der Waals surface area contributed by atoms with Gasteiger partial charge in [0.05, 0.1) is 28.7 Å². The third-order valence-corrected chi connectivity index (χ3v) is 4.77. The first kappa shape index (κ1) is 17.6. The van der Waals surface area contributed by atoms with Gasteiger partial charge in [-0.05, 0) is 31.0 Å². The van der Waals surface area contributed by atoms with Gasteiger partial charge in [0.1, 0.15) is 12.6 Å². The molecule has 6 nitrogen and oxygen atoms in total. The minimum absolute atomic E-state index is 0.110. The lowest BCUT2D eigenvalue weighted by molar-refractivity contribution is 0.0463. The minimum Gasteiger partial charge on any atom is -0.373 e. The predicted octanol–water partition coefficient (Wildman–Crippen LogP) is 3.50. The normalized spacial score (nSPS) is 16.2. The van der Waals surface area contributed by atoms with Crippen LogP contribution >= 0.6 is 11.6 Å². The SMILES string of the molecule is O=C(NC(O)C1CCCCC1)c1cc(Nc2cncnc2)ccc1Cl. The van der Waals surface area contributed by atoms with Crippen molar-refractivity contribution in [2.45, 2.75) is 38.3 Å². The minimum atomic E-state index is -0.844. The maximum atomic E-state index is 12.5. The lowest BCUT2D eigenvalue weighted by Gasteiger charge is -2.27. The molecule has 0 spiro atoms. The van der Waals surface area contributed by atoms with Crippen LogP contribution in [0.1, 0.15) is 42.5 Å². The first-order valence-corrected chi connectivity index (χ1v) is 8.82. The van der Waals surface area contributed by atoms with Crippen LogP contribution in [0.25, 0.3) is 0 Å². The summed E-state index contributed by atoms with van der Waals surface area (Å²) in [7, 11) is 0. The van der Waals surface area contributed by atoms with Crippen molar-refractivity contribution in [3.8, 4) is 0 Å². The topological polar surface area (TPSA) is 87.1 Å². The summed E-state index contributed by atoms with van der Waals surface area (Å²) >= 11 is 6.17. The second kappa shape index (κ2) is 8.27. The van der Waals surface area contributed by atoms with Gasteiger partial charge in [0, 0.05) is 11.6 Å². The van der Waals surface area contributed by atoms with E-state index in [9.17, 15) is 9.90 Å². The summed E-state index contributed by atoms with van der Waals surface area (Å²) in [6.07, 6.45) is 9.12. The first-order valence-electron chi connectivity index (χ1n) is 8.44. The van der Waals surface area contributed by atoms with Crippen LogP contribution < -0.4 is 10.6 Å². The molecule has 132 valence electrons. The van der Waals surface area contributed by atoms with Crippen LogP contribution in [0.15, 0.2) is 36.9 Å². The Bertz CT molecular complexity index is 720. The van der Waals surface area contributed by atoms with Gasteiger partial charge in [-0.15, -0.1) is 0 Å². The molecule has 0 aliphatic heterocycles. The fourth-order valence-electron chi connectivity index (χ4n) is 3.09. The number of anilines is 2. The summed E-state index contributed by atoms with van der Waals surface area (Å²) in [5.41, 5.74) is 1.72.